The molecule has 0 fully saturated rings. The average molecular weight is 406 g/mol. The highest BCUT2D eigenvalue weighted by Gasteiger charge is 2.10. The molecular formula is C17H16BrN3O4. The van der Waals surface area contributed by atoms with Crippen molar-refractivity contribution in [2.75, 3.05) is 11.9 Å². The number of hydrogen-bond acceptors (Lipinski definition) is 4. The second kappa shape index (κ2) is 8.39. The Kier molecular flexibility index (Phi) is 6.24. The van der Waals surface area contributed by atoms with E-state index in [1.165, 1.54) is 24.3 Å². The predicted molar refractivity (Wildman–Crippen MR) is 97.6 cm³/mol. The van der Waals surface area contributed by atoms with Gasteiger partial charge in [-0.3, -0.25) is 19.7 Å². The Morgan fingerprint density at radius 2 is 1.84 bits per heavy atom. The molecule has 0 aliphatic heterocycles. The predicted octanol–water partition coefficient (Wildman–Crippen LogP) is 3.42. The van der Waals surface area contributed by atoms with Gasteiger partial charge < -0.3 is 10.6 Å². The van der Waals surface area contributed by atoms with Crippen molar-refractivity contribution in [1.82, 2.24) is 5.32 Å². The van der Waals surface area contributed by atoms with Crippen LogP contribution in [0.4, 0.5) is 11.4 Å². The maximum Gasteiger partial charge on any atom is 0.269 e. The highest BCUT2D eigenvalue weighted by atomic mass is 79.9. The summed E-state index contributed by atoms with van der Waals surface area (Å²) in [6.45, 7) is 2.05. The Bertz CT molecular complexity index is 806. The van der Waals surface area contributed by atoms with Crippen LogP contribution in [0.15, 0.2) is 46.9 Å². The molecule has 2 rings (SSSR count). The average Bonchev–Trinajstić information content (AvgIpc) is 2.58. The van der Waals surface area contributed by atoms with Crippen LogP contribution >= 0.6 is 15.9 Å². The van der Waals surface area contributed by atoms with Crippen LogP contribution < -0.4 is 10.6 Å². The molecule has 0 aliphatic carbocycles. The number of carbonyl (C=O) groups excluding carboxylic acids is 2. The fraction of sp³-hybridized carbons (Fsp3) is 0.176. The number of nitro groups is 1. The minimum absolute atomic E-state index is 0.0830. The van der Waals surface area contributed by atoms with E-state index in [0.717, 1.165) is 10.0 Å². The second-order valence-electron chi connectivity index (χ2n) is 5.32. The van der Waals surface area contributed by atoms with Crippen molar-refractivity contribution in [2.24, 2.45) is 0 Å². The van der Waals surface area contributed by atoms with Gasteiger partial charge in [-0.05, 0) is 36.8 Å². The summed E-state index contributed by atoms with van der Waals surface area (Å²) in [6, 6.07) is 10.8. The summed E-state index contributed by atoms with van der Waals surface area (Å²) in [5, 5.41) is 16.0. The number of anilines is 1. The van der Waals surface area contributed by atoms with Crippen LogP contribution in [0.3, 0.4) is 0 Å². The van der Waals surface area contributed by atoms with Crippen molar-refractivity contribution in [3.63, 3.8) is 0 Å². The third kappa shape index (κ3) is 5.39. The normalized spacial score (nSPS) is 10.2. The van der Waals surface area contributed by atoms with Crippen LogP contribution in [-0.4, -0.2) is 23.3 Å². The molecule has 0 radical (unpaired) electrons. The zero-order chi connectivity index (χ0) is 18.4. The molecule has 0 saturated heterocycles. The van der Waals surface area contributed by atoms with E-state index in [1.54, 1.807) is 0 Å². The summed E-state index contributed by atoms with van der Waals surface area (Å²) in [5.41, 5.74) is 1.86. The minimum Gasteiger partial charge on any atom is -0.352 e. The van der Waals surface area contributed by atoms with Crippen molar-refractivity contribution < 1.29 is 14.5 Å². The molecule has 0 atom stereocenters. The first-order valence-corrected chi connectivity index (χ1v) is 8.25. The topological polar surface area (TPSA) is 101 Å². The van der Waals surface area contributed by atoms with Crippen molar-refractivity contribution >= 4 is 39.1 Å². The number of halogens is 1. The molecule has 2 aromatic carbocycles. The van der Waals surface area contributed by atoms with E-state index < -0.39 is 4.92 Å². The van der Waals surface area contributed by atoms with Crippen molar-refractivity contribution in [3.05, 3.63) is 68.2 Å². The Morgan fingerprint density at radius 1 is 1.16 bits per heavy atom. The van der Waals surface area contributed by atoms with Crippen LogP contribution in [0.25, 0.3) is 0 Å². The second-order valence-corrected chi connectivity index (χ2v) is 6.23. The quantitative estimate of drug-likeness (QED) is 0.567. The molecule has 0 saturated carbocycles. The number of aryl methyl sites for hydroxylation is 1. The number of nitro benzene ring substituents is 1. The summed E-state index contributed by atoms with van der Waals surface area (Å²) in [5.74, 6) is -0.605. The summed E-state index contributed by atoms with van der Waals surface area (Å²) in [7, 11) is 0. The number of amides is 2. The van der Waals surface area contributed by atoms with Crippen LogP contribution in [-0.2, 0) is 4.79 Å². The number of rotatable bonds is 6. The Morgan fingerprint density at radius 3 is 2.48 bits per heavy atom. The third-order valence-electron chi connectivity index (χ3n) is 3.45. The first kappa shape index (κ1) is 18.6. The SMILES string of the molecule is Cc1ccc(Br)cc1NC(=O)CCNC(=O)c1ccc([N+](=O)[O-])cc1. The minimum atomic E-state index is -0.532. The number of non-ortho nitro benzene ring substituents is 1. The van der Waals surface area contributed by atoms with Crippen LogP contribution in [0.5, 0.6) is 0 Å². The highest BCUT2D eigenvalue weighted by molar-refractivity contribution is 9.10. The first-order chi connectivity index (χ1) is 11.9. The van der Waals surface area contributed by atoms with Gasteiger partial charge in [-0.15, -0.1) is 0 Å². The molecule has 130 valence electrons. The summed E-state index contributed by atoms with van der Waals surface area (Å²) in [6.07, 6.45) is 0.116. The lowest BCUT2D eigenvalue weighted by molar-refractivity contribution is -0.384. The monoisotopic (exact) mass is 405 g/mol. The van der Waals surface area contributed by atoms with Gasteiger partial charge in [0.05, 0.1) is 4.92 Å². The molecule has 2 aromatic rings. The smallest absolute Gasteiger partial charge is 0.269 e. The maximum atomic E-state index is 12.0. The Balaban J connectivity index is 1.83. The van der Waals surface area contributed by atoms with Crippen LogP contribution in [0.2, 0.25) is 0 Å². The highest BCUT2D eigenvalue weighted by Crippen LogP contribution is 2.20. The lowest BCUT2D eigenvalue weighted by Crippen LogP contribution is -2.27. The van der Waals surface area contributed by atoms with Crippen LogP contribution in [0.1, 0.15) is 22.3 Å². The Labute approximate surface area is 152 Å². The van der Waals surface area contributed by atoms with E-state index in [2.05, 4.69) is 26.6 Å². The largest absolute Gasteiger partial charge is 0.352 e. The number of carbonyl (C=O) groups is 2. The molecule has 0 unspecified atom stereocenters. The molecular weight excluding hydrogens is 390 g/mol. The first-order valence-electron chi connectivity index (χ1n) is 7.45. The van der Waals surface area contributed by atoms with Gasteiger partial charge in [-0.1, -0.05) is 22.0 Å². The summed E-state index contributed by atoms with van der Waals surface area (Å²) < 4.78 is 0.861. The number of benzene rings is 2. The molecule has 25 heavy (non-hydrogen) atoms. The molecule has 8 heteroatoms. The van der Waals surface area contributed by atoms with Crippen LogP contribution in [0, 0.1) is 17.0 Å². The summed E-state index contributed by atoms with van der Waals surface area (Å²) in [4.78, 5) is 34.0. The van der Waals surface area contributed by atoms with Gasteiger partial charge in [0.15, 0.2) is 0 Å². The molecule has 2 amide bonds. The zero-order valence-electron chi connectivity index (χ0n) is 13.4. The van der Waals surface area contributed by atoms with E-state index in [4.69, 9.17) is 0 Å². The van der Waals surface area contributed by atoms with Crippen molar-refractivity contribution in [2.45, 2.75) is 13.3 Å². The third-order valence-corrected chi connectivity index (χ3v) is 3.94. The molecule has 0 spiro atoms. The van der Waals surface area contributed by atoms with Gasteiger partial charge in [0, 0.05) is 40.8 Å². The molecule has 0 aromatic heterocycles. The van der Waals surface area contributed by atoms with E-state index in [9.17, 15) is 19.7 Å². The maximum absolute atomic E-state index is 12.0. The van der Waals surface area contributed by atoms with Gasteiger partial charge in [0.1, 0.15) is 0 Å². The van der Waals surface area contributed by atoms with E-state index in [1.807, 2.05) is 25.1 Å². The fourth-order valence-corrected chi connectivity index (χ4v) is 2.43. The van der Waals surface area contributed by atoms with Gasteiger partial charge in [-0.25, -0.2) is 0 Å². The van der Waals surface area contributed by atoms with E-state index >= 15 is 0 Å². The van der Waals surface area contributed by atoms with Gasteiger partial charge in [0.2, 0.25) is 5.91 Å². The Hall–Kier alpha value is -2.74. The lowest BCUT2D eigenvalue weighted by atomic mass is 10.2. The molecule has 0 bridgehead atoms. The molecule has 0 heterocycles. The summed E-state index contributed by atoms with van der Waals surface area (Å²) >= 11 is 3.35. The standard InChI is InChI=1S/C17H16BrN3O4/c1-11-2-5-13(18)10-15(11)20-16(22)8-9-19-17(23)12-3-6-14(7-4-12)21(24)25/h2-7,10H,8-9H2,1H3,(H,19,23)(H,20,22). The van der Waals surface area contributed by atoms with Gasteiger partial charge in [0.25, 0.3) is 11.6 Å². The lowest BCUT2D eigenvalue weighted by Gasteiger charge is -2.09. The van der Waals surface area contributed by atoms with Crippen molar-refractivity contribution in [1.29, 1.82) is 0 Å². The van der Waals surface area contributed by atoms with E-state index in [0.29, 0.717) is 11.3 Å². The van der Waals surface area contributed by atoms with Gasteiger partial charge >= 0.3 is 0 Å². The molecule has 2 N–H and O–H groups in total. The number of nitrogens with one attached hydrogen (secondary N) is 2. The number of hydrogen-bond donors (Lipinski definition) is 2. The van der Waals surface area contributed by atoms with E-state index in [-0.39, 0.29) is 30.5 Å². The zero-order valence-corrected chi connectivity index (χ0v) is 15.0. The van der Waals surface area contributed by atoms with Gasteiger partial charge in [-0.2, -0.15) is 0 Å². The number of nitrogens with zero attached hydrogens (tertiary/aromatic N) is 1. The van der Waals surface area contributed by atoms with Crippen molar-refractivity contribution in [3.8, 4) is 0 Å². The molecule has 0 aliphatic rings. The fourth-order valence-electron chi connectivity index (χ4n) is 2.07. The molecule has 7 nitrogen and oxygen atoms in total.